The van der Waals surface area contributed by atoms with Gasteiger partial charge in [-0.2, -0.15) is 0 Å². The first kappa shape index (κ1) is 10.8. The van der Waals surface area contributed by atoms with Gasteiger partial charge in [0.1, 0.15) is 5.75 Å². The van der Waals surface area contributed by atoms with Crippen molar-refractivity contribution in [1.29, 1.82) is 0 Å². The molecule has 1 fully saturated rings. The Hall–Kier alpha value is -0.730. The van der Waals surface area contributed by atoms with Crippen molar-refractivity contribution in [2.75, 3.05) is 7.11 Å². The lowest BCUT2D eigenvalue weighted by Crippen LogP contribution is -2.21. The van der Waals surface area contributed by atoms with Gasteiger partial charge in [0.25, 0.3) is 0 Å². The number of hydrogen-bond donors (Lipinski definition) is 1. The third-order valence-corrected chi connectivity index (χ3v) is 3.33. The Balaban J connectivity index is 2.42. The normalized spacial score (nSPS) is 19.1. The van der Waals surface area contributed by atoms with Crippen molar-refractivity contribution in [3.8, 4) is 5.75 Å². The predicted octanol–water partition coefficient (Wildman–Crippen LogP) is 3.11. The van der Waals surface area contributed by atoms with Crippen LogP contribution in [-0.2, 0) is 5.60 Å². The average Bonchev–Trinajstić information content (AvgIpc) is 2.66. The summed E-state index contributed by atoms with van der Waals surface area (Å²) in [7, 11) is 1.60. The van der Waals surface area contributed by atoms with Crippen molar-refractivity contribution in [3.05, 3.63) is 28.8 Å². The summed E-state index contributed by atoms with van der Waals surface area (Å²) in [6.45, 7) is 0. The Labute approximate surface area is 94.8 Å². The van der Waals surface area contributed by atoms with Gasteiger partial charge >= 0.3 is 0 Å². The zero-order valence-corrected chi connectivity index (χ0v) is 9.55. The molecule has 0 saturated heterocycles. The number of hydrogen-bond acceptors (Lipinski definition) is 2. The summed E-state index contributed by atoms with van der Waals surface area (Å²) in [5.41, 5.74) is 0.155. The maximum Gasteiger partial charge on any atom is 0.126 e. The summed E-state index contributed by atoms with van der Waals surface area (Å²) in [4.78, 5) is 0. The minimum Gasteiger partial charge on any atom is -0.496 e. The van der Waals surface area contributed by atoms with Gasteiger partial charge < -0.3 is 9.84 Å². The van der Waals surface area contributed by atoms with Gasteiger partial charge in [-0.05, 0) is 25.0 Å². The summed E-state index contributed by atoms with van der Waals surface area (Å²) >= 11 is 5.89. The monoisotopic (exact) mass is 226 g/mol. The smallest absolute Gasteiger partial charge is 0.126 e. The van der Waals surface area contributed by atoms with Crippen molar-refractivity contribution in [2.45, 2.75) is 31.3 Å². The molecule has 0 aromatic heterocycles. The van der Waals surface area contributed by atoms with Gasteiger partial charge in [-0.25, -0.2) is 0 Å². The van der Waals surface area contributed by atoms with Crippen LogP contribution in [0.2, 0.25) is 5.02 Å². The van der Waals surface area contributed by atoms with Crippen LogP contribution in [0.25, 0.3) is 0 Å². The number of aliphatic hydroxyl groups is 1. The lowest BCUT2D eigenvalue weighted by atomic mass is 9.91. The standard InChI is InChI=1S/C12H15ClO2/c1-15-11-8-9(13)4-5-10(11)12(14)6-2-3-7-12/h4-5,8,14H,2-3,6-7H2,1H3. The number of benzene rings is 1. The van der Waals surface area contributed by atoms with Gasteiger partial charge in [0.15, 0.2) is 0 Å². The van der Waals surface area contributed by atoms with Crippen LogP contribution in [0.5, 0.6) is 5.75 Å². The van der Waals surface area contributed by atoms with Crippen LogP contribution >= 0.6 is 11.6 Å². The fraction of sp³-hybridized carbons (Fsp3) is 0.500. The second-order valence-corrected chi connectivity index (χ2v) is 4.52. The second kappa shape index (κ2) is 4.03. The average molecular weight is 227 g/mol. The first-order valence-electron chi connectivity index (χ1n) is 5.22. The third-order valence-electron chi connectivity index (χ3n) is 3.10. The van der Waals surface area contributed by atoms with Gasteiger partial charge in [0.05, 0.1) is 12.7 Å². The van der Waals surface area contributed by atoms with Gasteiger partial charge in [0.2, 0.25) is 0 Å². The van der Waals surface area contributed by atoms with E-state index in [9.17, 15) is 5.11 Å². The van der Waals surface area contributed by atoms with Crippen LogP contribution in [0.15, 0.2) is 18.2 Å². The van der Waals surface area contributed by atoms with Crippen molar-refractivity contribution in [2.24, 2.45) is 0 Å². The lowest BCUT2D eigenvalue weighted by molar-refractivity contribution is 0.0419. The molecule has 0 heterocycles. The molecule has 1 aromatic carbocycles. The molecule has 0 unspecified atom stereocenters. The summed E-state index contributed by atoms with van der Waals surface area (Å²) in [5, 5.41) is 11.1. The molecular formula is C12H15ClO2. The molecule has 0 atom stereocenters. The second-order valence-electron chi connectivity index (χ2n) is 4.08. The Bertz CT molecular complexity index is 357. The van der Waals surface area contributed by atoms with Crippen LogP contribution in [0.4, 0.5) is 0 Å². The molecule has 0 radical (unpaired) electrons. The zero-order chi connectivity index (χ0) is 10.9. The Morgan fingerprint density at radius 1 is 1.33 bits per heavy atom. The van der Waals surface area contributed by atoms with Gasteiger partial charge in [-0.3, -0.25) is 0 Å². The van der Waals surface area contributed by atoms with Crippen LogP contribution in [0, 0.1) is 0 Å². The largest absolute Gasteiger partial charge is 0.496 e. The van der Waals surface area contributed by atoms with Crippen molar-refractivity contribution >= 4 is 11.6 Å². The highest BCUT2D eigenvalue weighted by Gasteiger charge is 2.35. The van der Waals surface area contributed by atoms with E-state index in [1.54, 1.807) is 19.2 Å². The van der Waals surface area contributed by atoms with E-state index in [1.165, 1.54) is 0 Å². The molecule has 1 saturated carbocycles. The van der Waals surface area contributed by atoms with Crippen LogP contribution in [-0.4, -0.2) is 12.2 Å². The van der Waals surface area contributed by atoms with Gasteiger partial charge in [-0.1, -0.05) is 30.5 Å². The van der Waals surface area contributed by atoms with Crippen LogP contribution < -0.4 is 4.74 Å². The van der Waals surface area contributed by atoms with Gasteiger partial charge in [-0.15, -0.1) is 0 Å². The maximum atomic E-state index is 10.4. The Morgan fingerprint density at radius 2 is 2.00 bits per heavy atom. The molecule has 1 aromatic rings. The number of halogens is 1. The molecule has 0 bridgehead atoms. The molecular weight excluding hydrogens is 212 g/mol. The number of methoxy groups -OCH3 is 1. The fourth-order valence-electron chi connectivity index (χ4n) is 2.28. The highest BCUT2D eigenvalue weighted by molar-refractivity contribution is 6.30. The summed E-state index contributed by atoms with van der Waals surface area (Å²) < 4.78 is 5.26. The number of ether oxygens (including phenoxy) is 1. The fourth-order valence-corrected chi connectivity index (χ4v) is 2.44. The van der Waals surface area contributed by atoms with Crippen LogP contribution in [0.3, 0.4) is 0 Å². The summed E-state index contributed by atoms with van der Waals surface area (Å²) in [5.74, 6) is 0.687. The summed E-state index contributed by atoms with van der Waals surface area (Å²) in [6.07, 6.45) is 3.76. The van der Waals surface area contributed by atoms with E-state index in [-0.39, 0.29) is 0 Å². The molecule has 2 rings (SSSR count). The first-order valence-corrected chi connectivity index (χ1v) is 5.60. The Kier molecular flexibility index (Phi) is 2.89. The minimum atomic E-state index is -0.712. The van der Waals surface area contributed by atoms with E-state index in [0.29, 0.717) is 10.8 Å². The quantitative estimate of drug-likeness (QED) is 0.840. The van der Waals surface area contributed by atoms with E-state index in [0.717, 1.165) is 31.2 Å². The minimum absolute atomic E-state index is 0.636. The van der Waals surface area contributed by atoms with Crippen LogP contribution in [0.1, 0.15) is 31.2 Å². The zero-order valence-electron chi connectivity index (χ0n) is 8.79. The molecule has 1 aliphatic rings. The molecule has 1 N–H and O–H groups in total. The molecule has 0 amide bonds. The highest BCUT2D eigenvalue weighted by Crippen LogP contribution is 2.43. The molecule has 82 valence electrons. The molecule has 3 heteroatoms. The highest BCUT2D eigenvalue weighted by atomic mass is 35.5. The van der Waals surface area contributed by atoms with E-state index in [4.69, 9.17) is 16.3 Å². The summed E-state index contributed by atoms with van der Waals surface area (Å²) in [6, 6.07) is 5.43. The topological polar surface area (TPSA) is 29.5 Å². The van der Waals surface area contributed by atoms with Crippen molar-refractivity contribution in [3.63, 3.8) is 0 Å². The molecule has 0 spiro atoms. The maximum absolute atomic E-state index is 10.4. The van der Waals surface area contributed by atoms with E-state index < -0.39 is 5.60 Å². The number of rotatable bonds is 2. The van der Waals surface area contributed by atoms with E-state index >= 15 is 0 Å². The Morgan fingerprint density at radius 3 is 2.60 bits per heavy atom. The van der Waals surface area contributed by atoms with Crippen molar-refractivity contribution < 1.29 is 9.84 Å². The molecule has 1 aliphatic carbocycles. The van der Waals surface area contributed by atoms with Crippen molar-refractivity contribution in [1.82, 2.24) is 0 Å². The van der Waals surface area contributed by atoms with E-state index in [1.807, 2.05) is 6.07 Å². The molecule has 2 nitrogen and oxygen atoms in total. The molecule has 15 heavy (non-hydrogen) atoms. The van der Waals surface area contributed by atoms with E-state index in [2.05, 4.69) is 0 Å². The lowest BCUT2D eigenvalue weighted by Gasteiger charge is -2.24. The predicted molar refractivity (Wildman–Crippen MR) is 60.4 cm³/mol. The first-order chi connectivity index (χ1) is 7.15. The third kappa shape index (κ3) is 1.97. The SMILES string of the molecule is COc1cc(Cl)ccc1C1(O)CCCC1. The molecule has 0 aliphatic heterocycles. The van der Waals surface area contributed by atoms with Gasteiger partial charge in [0, 0.05) is 10.6 Å².